The van der Waals surface area contributed by atoms with E-state index in [9.17, 15) is 13.2 Å². The molecule has 0 atom stereocenters. The predicted octanol–water partition coefficient (Wildman–Crippen LogP) is 2.09. The highest BCUT2D eigenvalue weighted by Crippen LogP contribution is 2.31. The van der Waals surface area contributed by atoms with Crippen LogP contribution in [-0.2, 0) is 21.2 Å². The summed E-state index contributed by atoms with van der Waals surface area (Å²) in [6.07, 6.45) is 6.66. The van der Waals surface area contributed by atoms with E-state index in [0.29, 0.717) is 36.9 Å². The largest absolute Gasteiger partial charge is 0.488 e. The Morgan fingerprint density at radius 1 is 1.06 bits per heavy atom. The SMILES string of the molecule is CS(=O)(=O)Nc1ccc2c(c1)OCCN(C(=O)Cc1ccc(-n3ccnc3)cc1)CCO2. The number of imidazole rings is 1. The molecule has 0 radical (unpaired) electrons. The van der Waals surface area contributed by atoms with Crippen LogP contribution in [0.2, 0.25) is 0 Å². The molecule has 1 aliphatic rings. The monoisotopic (exact) mass is 456 g/mol. The van der Waals surface area contributed by atoms with Gasteiger partial charge in [0, 0.05) is 24.1 Å². The lowest BCUT2D eigenvalue weighted by Gasteiger charge is -2.21. The van der Waals surface area contributed by atoms with Crippen molar-refractivity contribution < 1.29 is 22.7 Å². The van der Waals surface area contributed by atoms with Gasteiger partial charge in [-0.3, -0.25) is 9.52 Å². The first kappa shape index (κ1) is 21.7. The highest BCUT2D eigenvalue weighted by Gasteiger charge is 2.18. The normalized spacial score (nSPS) is 14.2. The van der Waals surface area contributed by atoms with E-state index >= 15 is 0 Å². The minimum Gasteiger partial charge on any atom is -0.488 e. The Kier molecular flexibility index (Phi) is 6.31. The average Bonchev–Trinajstić information content (AvgIpc) is 3.30. The fourth-order valence-corrected chi connectivity index (χ4v) is 3.95. The molecule has 1 aliphatic heterocycles. The van der Waals surface area contributed by atoms with Gasteiger partial charge in [0.05, 0.1) is 37.8 Å². The van der Waals surface area contributed by atoms with Crippen molar-refractivity contribution in [2.75, 3.05) is 37.3 Å². The van der Waals surface area contributed by atoms with Crippen molar-refractivity contribution in [1.82, 2.24) is 14.5 Å². The summed E-state index contributed by atoms with van der Waals surface area (Å²) < 4.78 is 38.8. The zero-order valence-corrected chi connectivity index (χ0v) is 18.4. The molecule has 0 fully saturated rings. The maximum atomic E-state index is 12.9. The topological polar surface area (TPSA) is 103 Å². The van der Waals surface area contributed by atoms with E-state index in [1.807, 2.05) is 35.0 Å². The average molecular weight is 457 g/mol. The van der Waals surface area contributed by atoms with Gasteiger partial charge in [0.2, 0.25) is 15.9 Å². The number of carbonyl (C=O) groups is 1. The molecule has 10 heteroatoms. The molecule has 0 aliphatic carbocycles. The fraction of sp³-hybridized carbons (Fsp3) is 0.273. The van der Waals surface area contributed by atoms with Gasteiger partial charge in [0.15, 0.2) is 11.5 Å². The van der Waals surface area contributed by atoms with Crippen molar-refractivity contribution in [3.8, 4) is 17.2 Å². The van der Waals surface area contributed by atoms with Gasteiger partial charge in [0.25, 0.3) is 0 Å². The maximum absolute atomic E-state index is 12.9. The van der Waals surface area contributed by atoms with Crippen molar-refractivity contribution in [3.05, 3.63) is 66.7 Å². The third-order valence-electron chi connectivity index (χ3n) is 4.93. The quantitative estimate of drug-likeness (QED) is 0.631. The van der Waals surface area contributed by atoms with Gasteiger partial charge < -0.3 is 18.9 Å². The van der Waals surface area contributed by atoms with E-state index in [1.165, 1.54) is 0 Å². The van der Waals surface area contributed by atoms with Crippen LogP contribution in [0, 0.1) is 0 Å². The van der Waals surface area contributed by atoms with Crippen molar-refractivity contribution in [3.63, 3.8) is 0 Å². The maximum Gasteiger partial charge on any atom is 0.229 e. The van der Waals surface area contributed by atoms with E-state index in [0.717, 1.165) is 17.5 Å². The Morgan fingerprint density at radius 2 is 1.78 bits per heavy atom. The Bertz CT molecular complexity index is 1180. The number of nitrogens with zero attached hydrogens (tertiary/aromatic N) is 3. The summed E-state index contributed by atoms with van der Waals surface area (Å²) in [6.45, 7) is 1.40. The molecular formula is C22H24N4O5S. The van der Waals surface area contributed by atoms with Crippen LogP contribution in [0.1, 0.15) is 5.56 Å². The summed E-state index contributed by atoms with van der Waals surface area (Å²) in [5.41, 5.74) is 2.28. The smallest absolute Gasteiger partial charge is 0.229 e. The summed E-state index contributed by atoms with van der Waals surface area (Å²) in [5, 5.41) is 0. The van der Waals surface area contributed by atoms with Crippen LogP contribution in [0.4, 0.5) is 5.69 Å². The molecule has 168 valence electrons. The number of ether oxygens (including phenoxy) is 2. The van der Waals surface area contributed by atoms with Gasteiger partial charge in [-0.25, -0.2) is 13.4 Å². The van der Waals surface area contributed by atoms with Crippen molar-refractivity contribution in [1.29, 1.82) is 0 Å². The van der Waals surface area contributed by atoms with Crippen LogP contribution in [-0.4, -0.2) is 61.3 Å². The van der Waals surface area contributed by atoms with E-state index in [4.69, 9.17) is 9.47 Å². The van der Waals surface area contributed by atoms with Gasteiger partial charge in [-0.05, 0) is 29.8 Å². The van der Waals surface area contributed by atoms with Crippen LogP contribution in [0.5, 0.6) is 11.5 Å². The third kappa shape index (κ3) is 5.58. The minimum absolute atomic E-state index is 0.0158. The number of rotatable bonds is 5. The molecule has 0 bridgehead atoms. The molecule has 3 aromatic rings. The summed E-state index contributed by atoms with van der Waals surface area (Å²) in [5.74, 6) is 0.925. The first-order valence-corrected chi connectivity index (χ1v) is 12.0. The molecule has 0 saturated heterocycles. The highest BCUT2D eigenvalue weighted by molar-refractivity contribution is 7.92. The second-order valence-corrected chi connectivity index (χ2v) is 9.18. The van der Waals surface area contributed by atoms with Gasteiger partial charge in [0.1, 0.15) is 13.2 Å². The molecule has 0 spiro atoms. The highest BCUT2D eigenvalue weighted by atomic mass is 32.2. The summed E-state index contributed by atoms with van der Waals surface area (Å²) in [4.78, 5) is 18.6. The van der Waals surface area contributed by atoms with Gasteiger partial charge in [-0.1, -0.05) is 12.1 Å². The first-order valence-electron chi connectivity index (χ1n) is 10.1. The third-order valence-corrected chi connectivity index (χ3v) is 5.54. The second kappa shape index (κ2) is 9.31. The van der Waals surface area contributed by atoms with Crippen LogP contribution in [0.25, 0.3) is 5.69 Å². The zero-order chi connectivity index (χ0) is 22.6. The molecule has 1 N–H and O–H groups in total. The lowest BCUT2D eigenvalue weighted by molar-refractivity contribution is -0.131. The van der Waals surface area contributed by atoms with Gasteiger partial charge in [-0.2, -0.15) is 0 Å². The molecule has 0 unspecified atom stereocenters. The molecular weight excluding hydrogens is 432 g/mol. The molecule has 2 heterocycles. The molecule has 4 rings (SSSR count). The van der Waals surface area contributed by atoms with E-state index < -0.39 is 10.0 Å². The number of benzene rings is 2. The van der Waals surface area contributed by atoms with E-state index in [-0.39, 0.29) is 18.9 Å². The van der Waals surface area contributed by atoms with E-state index in [2.05, 4.69) is 9.71 Å². The van der Waals surface area contributed by atoms with Crippen LogP contribution < -0.4 is 14.2 Å². The number of amides is 1. The number of carbonyl (C=O) groups excluding carboxylic acids is 1. The van der Waals surface area contributed by atoms with Gasteiger partial charge in [-0.15, -0.1) is 0 Å². The lowest BCUT2D eigenvalue weighted by Crippen LogP contribution is -2.38. The lowest BCUT2D eigenvalue weighted by atomic mass is 10.1. The molecule has 1 amide bonds. The number of sulfonamides is 1. The Morgan fingerprint density at radius 3 is 2.44 bits per heavy atom. The standard InChI is InChI=1S/C22H24N4O5S/c1-32(28,29)24-18-4-7-20-21(15-18)31-13-11-25(10-12-30-20)22(27)14-17-2-5-19(6-3-17)26-9-8-23-16-26/h2-9,15-16,24H,10-14H2,1H3. The zero-order valence-electron chi connectivity index (χ0n) is 17.6. The number of fused-ring (bicyclic) bond motifs is 1. The van der Waals surface area contributed by atoms with Crippen LogP contribution >= 0.6 is 0 Å². The molecule has 32 heavy (non-hydrogen) atoms. The Balaban J connectivity index is 1.38. The first-order chi connectivity index (χ1) is 15.4. The fourth-order valence-electron chi connectivity index (χ4n) is 3.39. The Hall–Kier alpha value is -3.53. The van der Waals surface area contributed by atoms with Crippen molar-refractivity contribution in [2.24, 2.45) is 0 Å². The number of anilines is 1. The number of hydrogen-bond acceptors (Lipinski definition) is 6. The summed E-state index contributed by atoms with van der Waals surface area (Å²) in [6, 6.07) is 12.6. The van der Waals surface area contributed by atoms with Crippen molar-refractivity contribution in [2.45, 2.75) is 6.42 Å². The number of aromatic nitrogens is 2. The van der Waals surface area contributed by atoms with Crippen LogP contribution in [0.15, 0.2) is 61.2 Å². The molecule has 0 saturated carbocycles. The summed E-state index contributed by atoms with van der Waals surface area (Å²) >= 11 is 0. The minimum atomic E-state index is -3.40. The Labute approximate surface area is 186 Å². The number of nitrogens with one attached hydrogen (secondary N) is 1. The second-order valence-electron chi connectivity index (χ2n) is 7.43. The van der Waals surface area contributed by atoms with Crippen molar-refractivity contribution >= 4 is 21.6 Å². The number of hydrogen-bond donors (Lipinski definition) is 1. The van der Waals surface area contributed by atoms with Crippen LogP contribution in [0.3, 0.4) is 0 Å². The van der Waals surface area contributed by atoms with Gasteiger partial charge >= 0.3 is 0 Å². The molecule has 1 aromatic heterocycles. The van der Waals surface area contributed by atoms with E-state index in [1.54, 1.807) is 35.6 Å². The predicted molar refractivity (Wildman–Crippen MR) is 120 cm³/mol. The molecule has 2 aromatic carbocycles. The summed E-state index contributed by atoms with van der Waals surface area (Å²) in [7, 11) is -3.40. The molecule has 9 nitrogen and oxygen atoms in total.